The van der Waals surface area contributed by atoms with Gasteiger partial charge in [-0.3, -0.25) is 14.0 Å². The molecular formula is C19H25N7O. The molecule has 142 valence electrons. The summed E-state index contributed by atoms with van der Waals surface area (Å²) in [5.41, 5.74) is 10.0. The Bertz CT molecular complexity index is 1010. The van der Waals surface area contributed by atoms with Gasteiger partial charge in [-0.05, 0) is 45.7 Å². The average molecular weight is 367 g/mol. The Morgan fingerprint density at radius 3 is 2.74 bits per heavy atom. The quantitative estimate of drug-likeness (QED) is 0.694. The lowest BCUT2D eigenvalue weighted by Gasteiger charge is -2.17. The standard InChI is InChI=1S/C19H25N7O/c1-4-25-16-15(23-18(25)20)8-14(9-21-16)17(27)22-10-19(5-6-19)11-26-13(3)7-12(2)24-26/h7-9H,4-6,10-11H2,1-3H3,(H2,20,23)(H,22,27). The van der Waals surface area contributed by atoms with Gasteiger partial charge in [-0.2, -0.15) is 5.10 Å². The van der Waals surface area contributed by atoms with Gasteiger partial charge in [0.15, 0.2) is 5.65 Å². The summed E-state index contributed by atoms with van der Waals surface area (Å²) in [5.74, 6) is 0.285. The minimum absolute atomic E-state index is 0.102. The molecule has 8 nitrogen and oxygen atoms in total. The summed E-state index contributed by atoms with van der Waals surface area (Å²) in [5, 5.41) is 7.61. The number of hydrogen-bond acceptors (Lipinski definition) is 5. The Morgan fingerprint density at radius 1 is 1.33 bits per heavy atom. The topological polar surface area (TPSA) is 104 Å². The van der Waals surface area contributed by atoms with Crippen LogP contribution < -0.4 is 11.1 Å². The van der Waals surface area contributed by atoms with Crippen molar-refractivity contribution in [3.63, 3.8) is 0 Å². The van der Waals surface area contributed by atoms with Crippen molar-refractivity contribution in [3.8, 4) is 0 Å². The van der Waals surface area contributed by atoms with Crippen LogP contribution in [0.3, 0.4) is 0 Å². The van der Waals surface area contributed by atoms with Crippen LogP contribution in [0.2, 0.25) is 0 Å². The fourth-order valence-corrected chi connectivity index (χ4v) is 3.55. The maximum atomic E-state index is 12.6. The normalized spacial score (nSPS) is 15.2. The second-order valence-corrected chi connectivity index (χ2v) is 7.55. The van der Waals surface area contributed by atoms with Crippen molar-refractivity contribution in [2.24, 2.45) is 5.41 Å². The maximum absolute atomic E-state index is 12.6. The maximum Gasteiger partial charge on any atom is 0.252 e. The molecule has 0 spiro atoms. The highest BCUT2D eigenvalue weighted by atomic mass is 16.1. The molecule has 0 bridgehead atoms. The molecule has 0 aromatic carbocycles. The zero-order valence-electron chi connectivity index (χ0n) is 16.0. The number of fused-ring (bicyclic) bond motifs is 1. The number of pyridine rings is 1. The molecule has 4 rings (SSSR count). The van der Waals surface area contributed by atoms with E-state index in [2.05, 4.69) is 33.4 Å². The van der Waals surface area contributed by atoms with E-state index in [4.69, 9.17) is 5.73 Å². The smallest absolute Gasteiger partial charge is 0.252 e. The number of carbonyl (C=O) groups is 1. The van der Waals surface area contributed by atoms with Crippen molar-refractivity contribution in [2.45, 2.75) is 46.7 Å². The lowest BCUT2D eigenvalue weighted by molar-refractivity contribution is 0.0942. The molecule has 1 amide bonds. The SMILES string of the molecule is CCn1c(N)nc2cc(C(=O)NCC3(Cn4nc(C)cc4C)CC3)cnc21. The summed E-state index contributed by atoms with van der Waals surface area (Å²) in [6, 6.07) is 3.83. The van der Waals surface area contributed by atoms with Gasteiger partial charge in [0.05, 0.1) is 11.3 Å². The van der Waals surface area contributed by atoms with Crippen LogP contribution in [0.4, 0.5) is 5.95 Å². The van der Waals surface area contributed by atoms with Gasteiger partial charge in [-0.15, -0.1) is 0 Å². The number of rotatable bonds is 6. The van der Waals surface area contributed by atoms with Gasteiger partial charge in [0.2, 0.25) is 5.95 Å². The fraction of sp³-hybridized carbons (Fsp3) is 0.474. The van der Waals surface area contributed by atoms with E-state index >= 15 is 0 Å². The van der Waals surface area contributed by atoms with E-state index in [1.54, 1.807) is 12.3 Å². The average Bonchev–Trinajstić information content (AvgIpc) is 3.22. The summed E-state index contributed by atoms with van der Waals surface area (Å²) in [4.78, 5) is 21.3. The molecule has 1 aliphatic rings. The second kappa shape index (κ2) is 6.37. The minimum Gasteiger partial charge on any atom is -0.369 e. The number of nitrogens with one attached hydrogen (secondary N) is 1. The molecule has 3 heterocycles. The van der Waals surface area contributed by atoms with Gasteiger partial charge >= 0.3 is 0 Å². The number of imidazole rings is 1. The van der Waals surface area contributed by atoms with Gasteiger partial charge in [0.1, 0.15) is 5.52 Å². The number of carbonyl (C=O) groups excluding carboxylic acids is 1. The van der Waals surface area contributed by atoms with E-state index in [0.717, 1.165) is 30.8 Å². The van der Waals surface area contributed by atoms with Crippen LogP contribution in [0.15, 0.2) is 18.3 Å². The van der Waals surface area contributed by atoms with Gasteiger partial charge in [0, 0.05) is 36.9 Å². The van der Waals surface area contributed by atoms with Crippen LogP contribution >= 0.6 is 0 Å². The Hall–Kier alpha value is -2.90. The number of anilines is 1. The lowest BCUT2D eigenvalue weighted by atomic mass is 10.1. The van der Waals surface area contributed by atoms with E-state index in [1.165, 1.54) is 0 Å². The summed E-state index contributed by atoms with van der Waals surface area (Å²) in [7, 11) is 0. The van der Waals surface area contributed by atoms with Crippen LogP contribution in [0.1, 0.15) is 41.5 Å². The predicted molar refractivity (Wildman–Crippen MR) is 103 cm³/mol. The molecule has 3 aromatic heterocycles. The minimum atomic E-state index is -0.131. The van der Waals surface area contributed by atoms with E-state index in [9.17, 15) is 4.79 Å². The Kier molecular flexibility index (Phi) is 4.13. The van der Waals surface area contributed by atoms with Crippen molar-refractivity contribution >= 4 is 23.0 Å². The molecule has 1 saturated carbocycles. The highest BCUT2D eigenvalue weighted by molar-refractivity contribution is 5.96. The lowest BCUT2D eigenvalue weighted by Crippen LogP contribution is -2.32. The number of aromatic nitrogens is 5. The first-order chi connectivity index (χ1) is 12.9. The second-order valence-electron chi connectivity index (χ2n) is 7.55. The number of amides is 1. The first kappa shape index (κ1) is 17.5. The number of nitrogens with two attached hydrogens (primary N) is 1. The van der Waals surface area contributed by atoms with Crippen molar-refractivity contribution in [3.05, 3.63) is 35.3 Å². The molecule has 0 atom stereocenters. The zero-order valence-corrected chi connectivity index (χ0v) is 16.0. The summed E-state index contributed by atoms with van der Waals surface area (Å²) in [6.45, 7) is 8.21. The van der Waals surface area contributed by atoms with Crippen molar-refractivity contribution < 1.29 is 4.79 Å². The highest BCUT2D eigenvalue weighted by Crippen LogP contribution is 2.46. The number of aryl methyl sites for hydroxylation is 3. The van der Waals surface area contributed by atoms with Crippen LogP contribution in [-0.4, -0.2) is 36.8 Å². The van der Waals surface area contributed by atoms with Gasteiger partial charge in [0.25, 0.3) is 5.91 Å². The molecule has 0 unspecified atom stereocenters. The summed E-state index contributed by atoms with van der Waals surface area (Å²) >= 11 is 0. The van der Waals surface area contributed by atoms with Gasteiger partial charge < -0.3 is 11.1 Å². The fourth-order valence-electron chi connectivity index (χ4n) is 3.55. The number of nitrogens with zero attached hydrogens (tertiary/aromatic N) is 5. The van der Waals surface area contributed by atoms with Crippen molar-refractivity contribution in [2.75, 3.05) is 12.3 Å². The number of nitrogen functional groups attached to an aromatic ring is 1. The molecule has 8 heteroatoms. The molecule has 0 saturated heterocycles. The monoisotopic (exact) mass is 367 g/mol. The van der Waals surface area contributed by atoms with Crippen molar-refractivity contribution in [1.29, 1.82) is 0 Å². The molecule has 1 fully saturated rings. The third-order valence-electron chi connectivity index (χ3n) is 5.36. The van der Waals surface area contributed by atoms with Crippen molar-refractivity contribution in [1.82, 2.24) is 29.6 Å². The van der Waals surface area contributed by atoms with Gasteiger partial charge in [-0.1, -0.05) is 0 Å². The van der Waals surface area contributed by atoms with Crippen LogP contribution in [0.25, 0.3) is 11.2 Å². The largest absolute Gasteiger partial charge is 0.369 e. The third kappa shape index (κ3) is 3.27. The Balaban J connectivity index is 1.45. The zero-order chi connectivity index (χ0) is 19.2. The Morgan fingerprint density at radius 2 is 2.11 bits per heavy atom. The first-order valence-electron chi connectivity index (χ1n) is 9.32. The molecule has 0 radical (unpaired) electrons. The molecule has 27 heavy (non-hydrogen) atoms. The van der Waals surface area contributed by atoms with Crippen LogP contribution in [0.5, 0.6) is 0 Å². The van der Waals surface area contributed by atoms with E-state index in [1.807, 2.05) is 23.1 Å². The molecule has 0 aliphatic heterocycles. The molecule has 3 N–H and O–H groups in total. The third-order valence-corrected chi connectivity index (χ3v) is 5.36. The predicted octanol–water partition coefficient (Wildman–Crippen LogP) is 2.06. The van der Waals surface area contributed by atoms with Crippen LogP contribution in [-0.2, 0) is 13.1 Å². The summed E-state index contributed by atoms with van der Waals surface area (Å²) in [6.07, 6.45) is 3.78. The Labute approximate surface area is 157 Å². The molecule has 1 aliphatic carbocycles. The van der Waals surface area contributed by atoms with E-state index < -0.39 is 0 Å². The first-order valence-corrected chi connectivity index (χ1v) is 9.32. The molecular weight excluding hydrogens is 342 g/mol. The summed E-state index contributed by atoms with van der Waals surface area (Å²) < 4.78 is 3.87. The van der Waals surface area contributed by atoms with E-state index in [-0.39, 0.29) is 11.3 Å². The van der Waals surface area contributed by atoms with Crippen LogP contribution in [0, 0.1) is 19.3 Å². The highest BCUT2D eigenvalue weighted by Gasteiger charge is 2.43. The number of hydrogen-bond donors (Lipinski definition) is 2. The van der Waals surface area contributed by atoms with Gasteiger partial charge in [-0.25, -0.2) is 9.97 Å². The molecule has 3 aromatic rings. The van der Waals surface area contributed by atoms with E-state index in [0.29, 0.717) is 35.8 Å².